The van der Waals surface area contributed by atoms with Crippen molar-refractivity contribution < 1.29 is 28.6 Å². The average molecular weight is 817 g/mol. The summed E-state index contributed by atoms with van der Waals surface area (Å²) < 4.78 is 16.7. The molecule has 0 amide bonds. The van der Waals surface area contributed by atoms with Gasteiger partial charge in [-0.1, -0.05) is 238 Å². The van der Waals surface area contributed by atoms with Gasteiger partial charge in [0.05, 0.1) is 0 Å². The molecule has 0 spiro atoms. The van der Waals surface area contributed by atoms with Gasteiger partial charge < -0.3 is 14.2 Å². The van der Waals surface area contributed by atoms with Gasteiger partial charge in [-0.2, -0.15) is 0 Å². The van der Waals surface area contributed by atoms with Crippen molar-refractivity contribution in [3.05, 3.63) is 24.3 Å². The van der Waals surface area contributed by atoms with Gasteiger partial charge in [-0.25, -0.2) is 0 Å². The lowest BCUT2D eigenvalue weighted by Gasteiger charge is -2.18. The minimum Gasteiger partial charge on any atom is -0.462 e. The van der Waals surface area contributed by atoms with Crippen molar-refractivity contribution in [1.82, 2.24) is 0 Å². The number of unbranched alkanes of at least 4 members (excludes halogenated alkanes) is 32. The van der Waals surface area contributed by atoms with Gasteiger partial charge in [0.1, 0.15) is 13.2 Å². The van der Waals surface area contributed by atoms with Gasteiger partial charge in [0.15, 0.2) is 6.10 Å². The lowest BCUT2D eigenvalue weighted by molar-refractivity contribution is -0.167. The first-order chi connectivity index (χ1) is 28.5. The summed E-state index contributed by atoms with van der Waals surface area (Å²) in [5.41, 5.74) is 0. The van der Waals surface area contributed by atoms with Gasteiger partial charge in [0.2, 0.25) is 0 Å². The molecule has 0 saturated carbocycles. The number of carbonyl (C=O) groups excluding carboxylic acids is 3. The quantitative estimate of drug-likeness (QED) is 0.0263. The van der Waals surface area contributed by atoms with E-state index in [4.69, 9.17) is 14.2 Å². The Bertz CT molecular complexity index is 942. The fourth-order valence-electron chi connectivity index (χ4n) is 7.36. The Labute approximate surface area is 360 Å². The van der Waals surface area contributed by atoms with Crippen LogP contribution >= 0.6 is 0 Å². The summed E-state index contributed by atoms with van der Waals surface area (Å²) >= 11 is 0. The second-order valence-corrected chi connectivity index (χ2v) is 17.1. The molecule has 0 radical (unpaired) electrons. The Balaban J connectivity index is 4.31. The van der Waals surface area contributed by atoms with E-state index < -0.39 is 6.10 Å². The summed E-state index contributed by atoms with van der Waals surface area (Å²) in [6.45, 7) is 6.58. The number of ether oxygens (including phenoxy) is 3. The normalized spacial score (nSPS) is 12.1. The van der Waals surface area contributed by atoms with Gasteiger partial charge in [-0.15, -0.1) is 0 Å². The van der Waals surface area contributed by atoms with Crippen molar-refractivity contribution in [2.45, 2.75) is 277 Å². The van der Waals surface area contributed by atoms with Crippen LogP contribution in [-0.4, -0.2) is 37.2 Å². The first kappa shape index (κ1) is 55.9. The van der Waals surface area contributed by atoms with Crippen LogP contribution in [-0.2, 0) is 28.6 Å². The Morgan fingerprint density at radius 2 is 0.621 bits per heavy atom. The van der Waals surface area contributed by atoms with Gasteiger partial charge in [0, 0.05) is 19.3 Å². The summed E-state index contributed by atoms with van der Waals surface area (Å²) in [5.74, 6) is -0.892. The molecule has 340 valence electrons. The minimum atomic E-state index is -0.774. The molecule has 6 nitrogen and oxygen atoms in total. The van der Waals surface area contributed by atoms with Crippen LogP contribution in [0.25, 0.3) is 0 Å². The third-order valence-corrected chi connectivity index (χ3v) is 11.2. The van der Waals surface area contributed by atoms with Crippen LogP contribution in [0.3, 0.4) is 0 Å². The molecule has 0 aliphatic rings. The Kier molecular flexibility index (Phi) is 45.8. The minimum absolute atomic E-state index is 0.0749. The summed E-state index contributed by atoms with van der Waals surface area (Å²) in [6.07, 6.45) is 53.1. The molecule has 0 N–H and O–H groups in total. The van der Waals surface area contributed by atoms with Crippen LogP contribution in [0.1, 0.15) is 271 Å². The van der Waals surface area contributed by atoms with E-state index in [-0.39, 0.29) is 31.1 Å². The van der Waals surface area contributed by atoms with E-state index in [0.717, 1.165) is 70.6 Å². The van der Waals surface area contributed by atoms with Crippen LogP contribution < -0.4 is 0 Å². The fourth-order valence-corrected chi connectivity index (χ4v) is 7.36. The van der Waals surface area contributed by atoms with Crippen LogP contribution in [0.5, 0.6) is 0 Å². The molecule has 0 aromatic carbocycles. The lowest BCUT2D eigenvalue weighted by Crippen LogP contribution is -2.30. The highest BCUT2D eigenvalue weighted by atomic mass is 16.6. The van der Waals surface area contributed by atoms with Crippen molar-refractivity contribution in [2.75, 3.05) is 13.2 Å². The molecule has 0 heterocycles. The average Bonchev–Trinajstić information content (AvgIpc) is 3.22. The molecule has 6 heteroatoms. The molecule has 0 aliphatic carbocycles. The van der Waals surface area contributed by atoms with Gasteiger partial charge in [-0.05, 0) is 38.5 Å². The third-order valence-electron chi connectivity index (χ3n) is 11.2. The SMILES string of the molecule is CCCC/C=C\C=C/CCCCCC(=O)OCC(COC(=O)CCCCCCCCCCCCCCCCCCC)OC(=O)CCCCCCCCCCCCCC. The third kappa shape index (κ3) is 45.0. The van der Waals surface area contributed by atoms with E-state index in [2.05, 4.69) is 45.1 Å². The predicted molar refractivity (Wildman–Crippen MR) is 247 cm³/mol. The second-order valence-electron chi connectivity index (χ2n) is 17.1. The van der Waals surface area contributed by atoms with Crippen LogP contribution in [0.15, 0.2) is 24.3 Å². The maximum atomic E-state index is 12.7. The van der Waals surface area contributed by atoms with E-state index in [0.29, 0.717) is 19.3 Å². The highest BCUT2D eigenvalue weighted by Gasteiger charge is 2.19. The summed E-state index contributed by atoms with van der Waals surface area (Å²) in [4.78, 5) is 37.8. The first-order valence-corrected chi connectivity index (χ1v) is 25.4. The summed E-state index contributed by atoms with van der Waals surface area (Å²) in [7, 11) is 0. The van der Waals surface area contributed by atoms with Crippen LogP contribution in [0, 0.1) is 0 Å². The molecule has 58 heavy (non-hydrogen) atoms. The molecule has 0 saturated heterocycles. The summed E-state index contributed by atoms with van der Waals surface area (Å²) in [5, 5.41) is 0. The molecule has 0 bridgehead atoms. The fraction of sp³-hybridized carbons (Fsp3) is 0.865. The molecule has 1 atom stereocenters. The van der Waals surface area contributed by atoms with Crippen molar-refractivity contribution in [3.8, 4) is 0 Å². The lowest BCUT2D eigenvalue weighted by atomic mass is 10.0. The molecular formula is C52H96O6. The van der Waals surface area contributed by atoms with Crippen LogP contribution in [0.2, 0.25) is 0 Å². The maximum absolute atomic E-state index is 12.7. The Hall–Kier alpha value is -2.11. The topological polar surface area (TPSA) is 78.9 Å². The van der Waals surface area contributed by atoms with E-state index in [1.807, 2.05) is 0 Å². The highest BCUT2D eigenvalue weighted by molar-refractivity contribution is 5.71. The molecule has 0 aliphatic heterocycles. The van der Waals surface area contributed by atoms with Crippen molar-refractivity contribution in [3.63, 3.8) is 0 Å². The van der Waals surface area contributed by atoms with Crippen molar-refractivity contribution >= 4 is 17.9 Å². The van der Waals surface area contributed by atoms with Crippen molar-refractivity contribution in [2.24, 2.45) is 0 Å². The van der Waals surface area contributed by atoms with Gasteiger partial charge >= 0.3 is 17.9 Å². The number of allylic oxidation sites excluding steroid dienone is 4. The number of hydrogen-bond acceptors (Lipinski definition) is 6. The number of esters is 3. The maximum Gasteiger partial charge on any atom is 0.306 e. The molecule has 0 aromatic rings. The van der Waals surface area contributed by atoms with Gasteiger partial charge in [-0.3, -0.25) is 14.4 Å². The molecule has 0 aromatic heterocycles. The zero-order valence-electron chi connectivity index (χ0n) is 38.8. The van der Waals surface area contributed by atoms with E-state index in [1.165, 1.54) is 161 Å². The van der Waals surface area contributed by atoms with Gasteiger partial charge in [0.25, 0.3) is 0 Å². The van der Waals surface area contributed by atoms with E-state index in [9.17, 15) is 14.4 Å². The molecule has 0 fully saturated rings. The highest BCUT2D eigenvalue weighted by Crippen LogP contribution is 2.16. The Morgan fingerprint density at radius 3 is 0.966 bits per heavy atom. The zero-order chi connectivity index (χ0) is 42.3. The second kappa shape index (κ2) is 47.6. The molecule has 1 unspecified atom stereocenters. The summed E-state index contributed by atoms with van der Waals surface area (Å²) in [6, 6.07) is 0. The smallest absolute Gasteiger partial charge is 0.306 e. The largest absolute Gasteiger partial charge is 0.462 e. The molecular weight excluding hydrogens is 721 g/mol. The first-order valence-electron chi connectivity index (χ1n) is 25.4. The number of carbonyl (C=O) groups is 3. The van der Waals surface area contributed by atoms with E-state index >= 15 is 0 Å². The zero-order valence-corrected chi connectivity index (χ0v) is 38.8. The standard InChI is InChI=1S/C52H96O6/c1-4-7-10-13-16-19-22-24-25-26-27-28-31-33-36-39-42-45-51(54)57-48-49(47-56-50(53)44-41-38-35-32-29-21-18-15-12-9-6-3)58-52(55)46-43-40-37-34-30-23-20-17-14-11-8-5-2/h15,18,21,29,49H,4-14,16-17,19-20,22-28,30-48H2,1-3H3/b18-15-,29-21-. The number of hydrogen-bond donors (Lipinski definition) is 0. The monoisotopic (exact) mass is 817 g/mol. The Morgan fingerprint density at radius 1 is 0.345 bits per heavy atom. The van der Waals surface area contributed by atoms with Crippen LogP contribution in [0.4, 0.5) is 0 Å². The predicted octanol–water partition coefficient (Wildman–Crippen LogP) is 16.4. The van der Waals surface area contributed by atoms with Crippen molar-refractivity contribution in [1.29, 1.82) is 0 Å². The number of rotatable bonds is 46. The van der Waals surface area contributed by atoms with E-state index in [1.54, 1.807) is 0 Å². The molecule has 0 rings (SSSR count).